The Kier molecular flexibility index (Phi) is 4.12. The summed E-state index contributed by atoms with van der Waals surface area (Å²) in [6, 6.07) is 0. The molecule has 0 aromatic carbocycles. The van der Waals surface area contributed by atoms with E-state index in [9.17, 15) is 18.0 Å². The van der Waals surface area contributed by atoms with Crippen LogP contribution in [-0.4, -0.2) is 16.1 Å². The number of nitrogens with zero attached hydrogens (tertiary/aromatic N) is 1. The van der Waals surface area contributed by atoms with Gasteiger partial charge in [0.1, 0.15) is 5.82 Å². The molecule has 3 nitrogen and oxygen atoms in total. The van der Waals surface area contributed by atoms with Crippen molar-refractivity contribution in [1.82, 2.24) is 4.98 Å². The van der Waals surface area contributed by atoms with E-state index in [-0.39, 0.29) is 11.6 Å². The topological polar surface area (TPSA) is 50.2 Å². The van der Waals surface area contributed by atoms with Crippen molar-refractivity contribution >= 4 is 17.6 Å². The predicted molar refractivity (Wildman–Crippen MR) is 50.0 cm³/mol. The maximum atomic E-state index is 13.2. The molecule has 16 heavy (non-hydrogen) atoms. The lowest BCUT2D eigenvalue weighted by molar-refractivity contribution is -0.136. The Bertz CT molecular complexity index is 412. The largest absolute Gasteiger partial charge is 0.481 e. The zero-order valence-electron chi connectivity index (χ0n) is 7.88. The quantitative estimate of drug-likeness (QED) is 0.839. The molecule has 0 aliphatic carbocycles. The maximum absolute atomic E-state index is 13.2. The molecule has 0 amide bonds. The van der Waals surface area contributed by atoms with Gasteiger partial charge in [-0.2, -0.15) is 0 Å². The number of rotatable bonds is 4. The Labute approximate surface area is 93.9 Å². The Hall–Kier alpha value is -1.30. The van der Waals surface area contributed by atoms with E-state index in [1.165, 1.54) is 0 Å². The van der Waals surface area contributed by atoms with Crippen LogP contribution in [0.1, 0.15) is 23.2 Å². The minimum Gasteiger partial charge on any atom is -0.481 e. The lowest BCUT2D eigenvalue weighted by Crippen LogP contribution is -2.10. The van der Waals surface area contributed by atoms with Crippen molar-refractivity contribution in [3.05, 3.63) is 28.8 Å². The molecule has 0 radical (unpaired) electrons. The molecule has 0 aliphatic heterocycles. The number of pyridine rings is 1. The molecule has 1 aromatic rings. The van der Waals surface area contributed by atoms with Gasteiger partial charge < -0.3 is 5.11 Å². The van der Waals surface area contributed by atoms with Crippen molar-refractivity contribution in [2.45, 2.75) is 18.7 Å². The molecular weight excluding hydrogens is 247 g/mol. The number of aliphatic carboxylic acids is 1. The van der Waals surface area contributed by atoms with Crippen LogP contribution in [0.25, 0.3) is 0 Å². The Balaban J connectivity index is 3.35. The van der Waals surface area contributed by atoms with Crippen molar-refractivity contribution in [2.24, 2.45) is 0 Å². The zero-order valence-corrected chi connectivity index (χ0v) is 8.64. The first-order chi connectivity index (χ1) is 7.47. The minimum absolute atomic E-state index is 0.200. The zero-order chi connectivity index (χ0) is 12.3. The lowest BCUT2D eigenvalue weighted by atomic mass is 10.0. The first kappa shape index (κ1) is 12.8. The van der Waals surface area contributed by atoms with Crippen molar-refractivity contribution in [3.63, 3.8) is 0 Å². The van der Waals surface area contributed by atoms with Gasteiger partial charge in [-0.15, -0.1) is 11.6 Å². The number of aromatic nitrogens is 1. The van der Waals surface area contributed by atoms with Crippen LogP contribution >= 0.6 is 11.6 Å². The fraction of sp³-hybridized carbons (Fsp3) is 0.333. The van der Waals surface area contributed by atoms with Crippen LogP contribution in [0.5, 0.6) is 0 Å². The first-order valence-electron chi connectivity index (χ1n) is 4.19. The molecule has 1 rings (SSSR count). The predicted octanol–water partition coefficient (Wildman–Crippen LogP) is 2.52. The fourth-order valence-electron chi connectivity index (χ4n) is 1.28. The number of alkyl halides is 3. The van der Waals surface area contributed by atoms with Crippen LogP contribution in [0, 0.1) is 5.82 Å². The average Bonchev–Trinajstić information content (AvgIpc) is 2.19. The van der Waals surface area contributed by atoms with Gasteiger partial charge >= 0.3 is 5.97 Å². The van der Waals surface area contributed by atoms with Gasteiger partial charge in [-0.1, -0.05) is 0 Å². The number of hydrogen-bond donors (Lipinski definition) is 1. The van der Waals surface area contributed by atoms with Crippen LogP contribution in [0.15, 0.2) is 6.20 Å². The van der Waals surface area contributed by atoms with Crippen molar-refractivity contribution in [1.29, 1.82) is 0 Å². The third kappa shape index (κ3) is 2.63. The summed E-state index contributed by atoms with van der Waals surface area (Å²) < 4.78 is 38.5. The third-order valence-electron chi connectivity index (χ3n) is 1.93. The fourth-order valence-corrected chi connectivity index (χ4v) is 1.49. The molecule has 0 aliphatic rings. The molecule has 0 fully saturated rings. The molecule has 88 valence electrons. The van der Waals surface area contributed by atoms with Gasteiger partial charge in [-0.25, -0.2) is 13.2 Å². The summed E-state index contributed by atoms with van der Waals surface area (Å²) in [5.74, 6) is -2.79. The number of hydrogen-bond acceptors (Lipinski definition) is 2. The Morgan fingerprint density at radius 1 is 1.56 bits per heavy atom. The van der Waals surface area contributed by atoms with Gasteiger partial charge in [-0.3, -0.25) is 9.78 Å². The summed E-state index contributed by atoms with van der Waals surface area (Å²) >= 11 is 5.37. The SMILES string of the molecule is O=C(O)Cc1c(F)cnc(CCl)c1C(F)F. The van der Waals surface area contributed by atoms with E-state index in [2.05, 4.69) is 4.98 Å². The maximum Gasteiger partial charge on any atom is 0.307 e. The Morgan fingerprint density at radius 3 is 2.62 bits per heavy atom. The minimum atomic E-state index is -3.01. The van der Waals surface area contributed by atoms with Gasteiger partial charge in [-0.05, 0) is 0 Å². The van der Waals surface area contributed by atoms with Crippen LogP contribution in [-0.2, 0) is 17.1 Å². The summed E-state index contributed by atoms with van der Waals surface area (Å²) in [4.78, 5) is 13.8. The van der Waals surface area contributed by atoms with Crippen molar-refractivity contribution in [2.75, 3.05) is 0 Å². The summed E-state index contributed by atoms with van der Waals surface area (Å²) in [5, 5.41) is 8.50. The van der Waals surface area contributed by atoms with E-state index < -0.39 is 35.8 Å². The molecule has 0 atom stereocenters. The molecule has 1 aromatic heterocycles. The molecule has 0 unspecified atom stereocenters. The highest BCUT2D eigenvalue weighted by Gasteiger charge is 2.23. The lowest BCUT2D eigenvalue weighted by Gasteiger charge is -2.11. The van der Waals surface area contributed by atoms with Crippen LogP contribution in [0.4, 0.5) is 13.2 Å². The van der Waals surface area contributed by atoms with E-state index in [0.717, 1.165) is 0 Å². The highest BCUT2D eigenvalue weighted by atomic mass is 35.5. The normalized spacial score (nSPS) is 10.8. The average molecular weight is 254 g/mol. The van der Waals surface area contributed by atoms with E-state index in [0.29, 0.717) is 6.20 Å². The summed E-state index contributed by atoms with van der Waals surface area (Å²) in [6.45, 7) is 0. The molecule has 0 saturated carbocycles. The van der Waals surface area contributed by atoms with E-state index in [1.54, 1.807) is 0 Å². The smallest absolute Gasteiger partial charge is 0.307 e. The summed E-state index contributed by atoms with van der Waals surface area (Å²) in [5.41, 5.74) is -1.49. The summed E-state index contributed by atoms with van der Waals surface area (Å²) in [7, 11) is 0. The highest BCUT2D eigenvalue weighted by molar-refractivity contribution is 6.17. The van der Waals surface area contributed by atoms with Gasteiger partial charge in [0.2, 0.25) is 0 Å². The molecule has 1 N–H and O–H groups in total. The van der Waals surface area contributed by atoms with Crippen molar-refractivity contribution in [3.8, 4) is 0 Å². The number of carboxylic acids is 1. The molecule has 1 heterocycles. The second kappa shape index (κ2) is 5.16. The van der Waals surface area contributed by atoms with Crippen LogP contribution in [0.2, 0.25) is 0 Å². The molecule has 0 spiro atoms. The number of halogens is 4. The first-order valence-corrected chi connectivity index (χ1v) is 4.72. The van der Waals surface area contributed by atoms with Crippen molar-refractivity contribution < 1.29 is 23.1 Å². The standard InChI is InChI=1S/C9H7ClF3NO2/c10-2-6-8(9(12)13)4(1-7(15)16)5(11)3-14-6/h3,9H,1-2H2,(H,15,16). The van der Waals surface area contributed by atoms with Gasteiger partial charge in [0.25, 0.3) is 6.43 Å². The van der Waals surface area contributed by atoms with Gasteiger partial charge in [0.05, 0.1) is 24.2 Å². The van der Waals surface area contributed by atoms with Crippen LogP contribution < -0.4 is 0 Å². The Morgan fingerprint density at radius 2 is 2.19 bits per heavy atom. The van der Waals surface area contributed by atoms with Gasteiger partial charge in [0.15, 0.2) is 0 Å². The highest BCUT2D eigenvalue weighted by Crippen LogP contribution is 2.28. The monoisotopic (exact) mass is 253 g/mol. The number of carboxylic acid groups (broad SMARTS) is 1. The van der Waals surface area contributed by atoms with E-state index in [1.807, 2.05) is 0 Å². The third-order valence-corrected chi connectivity index (χ3v) is 2.18. The molecule has 7 heteroatoms. The van der Waals surface area contributed by atoms with Gasteiger partial charge in [0, 0.05) is 11.1 Å². The number of carbonyl (C=O) groups is 1. The summed E-state index contributed by atoms with van der Waals surface area (Å²) in [6.07, 6.45) is -3.13. The van der Waals surface area contributed by atoms with E-state index in [4.69, 9.17) is 16.7 Å². The second-order valence-electron chi connectivity index (χ2n) is 2.95. The van der Waals surface area contributed by atoms with Crippen LogP contribution in [0.3, 0.4) is 0 Å². The van der Waals surface area contributed by atoms with E-state index >= 15 is 0 Å². The second-order valence-corrected chi connectivity index (χ2v) is 3.22. The molecule has 0 bridgehead atoms. The molecular formula is C9H7ClF3NO2. The molecule has 0 saturated heterocycles.